The molecule has 0 aliphatic carbocycles. The first-order valence-electron chi connectivity index (χ1n) is 24.8. The van der Waals surface area contributed by atoms with E-state index in [1.54, 1.807) is 0 Å². The van der Waals surface area contributed by atoms with E-state index in [1.807, 2.05) is 6.08 Å². The monoisotopic (exact) mass is 925 g/mol. The first-order valence-corrected chi connectivity index (χ1v) is 26.5. The molecule has 0 amide bonds. The number of aliphatic hydroxyl groups excluding tert-OH is 3. The summed E-state index contributed by atoms with van der Waals surface area (Å²) in [5.74, 6) is -2.06. The first kappa shape index (κ1) is 59.4. The number of aliphatic hydroxyl groups is 3. The lowest BCUT2D eigenvalue weighted by Gasteiger charge is -2.40. The first-order chi connectivity index (χ1) is 31.0. The van der Waals surface area contributed by atoms with E-state index in [0.717, 1.165) is 57.8 Å². The zero-order chi connectivity index (χ0) is 46.9. The van der Waals surface area contributed by atoms with Gasteiger partial charge in [-0.3, -0.25) is 14.1 Å². The Morgan fingerprint density at radius 2 is 0.969 bits per heavy atom. The molecule has 1 aliphatic rings. The van der Waals surface area contributed by atoms with Crippen molar-refractivity contribution in [2.75, 3.05) is 19.0 Å². The molecule has 13 heteroatoms. The highest BCUT2D eigenvalue weighted by molar-refractivity contribution is 7.85. The Morgan fingerprint density at radius 3 is 1.50 bits per heavy atom. The van der Waals surface area contributed by atoms with Crippen LogP contribution in [0, 0.1) is 0 Å². The van der Waals surface area contributed by atoms with Crippen molar-refractivity contribution in [2.24, 2.45) is 0 Å². The van der Waals surface area contributed by atoms with Gasteiger partial charge < -0.3 is 34.3 Å². The maximum Gasteiger partial charge on any atom is 0.306 e. The summed E-state index contributed by atoms with van der Waals surface area (Å²) in [6.07, 6.45) is 41.2. The molecule has 0 bridgehead atoms. The summed E-state index contributed by atoms with van der Waals surface area (Å²) >= 11 is 0. The van der Waals surface area contributed by atoms with Crippen LogP contribution in [-0.4, -0.2) is 96.0 Å². The molecular formula is C51H88O12S. The molecular weight excluding hydrogens is 837 g/mol. The molecule has 1 aliphatic heterocycles. The molecule has 0 aromatic heterocycles. The van der Waals surface area contributed by atoms with Crippen molar-refractivity contribution in [3.63, 3.8) is 0 Å². The highest BCUT2D eigenvalue weighted by Gasteiger charge is 2.46. The Morgan fingerprint density at radius 1 is 0.531 bits per heavy atom. The Bertz CT molecular complexity index is 1410. The Kier molecular flexibility index (Phi) is 37.7. The van der Waals surface area contributed by atoms with E-state index < -0.39 is 71.2 Å². The molecule has 1 heterocycles. The highest BCUT2D eigenvalue weighted by Crippen LogP contribution is 2.24. The van der Waals surface area contributed by atoms with Crippen molar-refractivity contribution < 1.29 is 56.8 Å². The van der Waals surface area contributed by atoms with Gasteiger partial charge in [0.25, 0.3) is 10.1 Å². The molecule has 4 N–H and O–H groups in total. The second-order valence-corrected chi connectivity index (χ2v) is 18.6. The normalized spacial score (nSPS) is 20.1. The zero-order valence-electron chi connectivity index (χ0n) is 39.6. The number of ether oxygens (including phenoxy) is 4. The molecule has 6 atom stereocenters. The van der Waals surface area contributed by atoms with E-state index in [4.69, 9.17) is 18.9 Å². The van der Waals surface area contributed by atoms with Crippen molar-refractivity contribution in [1.29, 1.82) is 0 Å². The van der Waals surface area contributed by atoms with Crippen molar-refractivity contribution in [3.8, 4) is 0 Å². The standard InChI is InChI=1S/C51H88O12S/c1-3-5-7-9-11-13-15-17-19-20-21-22-23-24-26-27-29-31-33-35-37-39-46(52)60-41-44(42-61-51-50(56)49(55)48(54)45(63-51)43-64(57,58)59)62-47(53)40-38-36-34-32-30-28-25-18-16-14-12-10-8-6-4-2/h10,12,19-20,22-23,26-27,31,33,44-45,48-51,54-56H,3-9,11,13-18,21,24-25,28-30,32,34-43H2,1-2H3,(H,57,58,59)/b12-10+,20-19+,23-22+,27-26+,33-31+/t44-,45-,48-,49?,50?,51+/m1/s1. The van der Waals surface area contributed by atoms with Gasteiger partial charge in [-0.1, -0.05) is 171 Å². The quantitative estimate of drug-likeness (QED) is 0.0197. The van der Waals surface area contributed by atoms with Gasteiger partial charge in [0, 0.05) is 12.8 Å². The molecule has 0 radical (unpaired) electrons. The largest absolute Gasteiger partial charge is 0.462 e. The third kappa shape index (κ3) is 34.7. The maximum absolute atomic E-state index is 12.8. The lowest BCUT2D eigenvalue weighted by molar-refractivity contribution is -0.297. The molecule has 0 aromatic carbocycles. The average molecular weight is 925 g/mol. The number of carbonyl (C=O) groups excluding carboxylic acids is 2. The summed E-state index contributed by atoms with van der Waals surface area (Å²) in [7, 11) is -4.61. The summed E-state index contributed by atoms with van der Waals surface area (Å²) < 4.78 is 54.1. The topological polar surface area (TPSA) is 186 Å². The van der Waals surface area contributed by atoms with Crippen LogP contribution in [-0.2, 0) is 38.7 Å². The molecule has 64 heavy (non-hydrogen) atoms. The van der Waals surface area contributed by atoms with Crippen LogP contribution >= 0.6 is 0 Å². The van der Waals surface area contributed by atoms with Gasteiger partial charge >= 0.3 is 11.9 Å². The van der Waals surface area contributed by atoms with E-state index in [2.05, 4.69) is 68.5 Å². The molecule has 12 nitrogen and oxygen atoms in total. The minimum Gasteiger partial charge on any atom is -0.462 e. The van der Waals surface area contributed by atoms with Crippen LogP contribution in [0.4, 0.5) is 0 Å². The van der Waals surface area contributed by atoms with Crippen LogP contribution in [0.25, 0.3) is 0 Å². The minimum absolute atomic E-state index is 0.141. The molecule has 0 aromatic rings. The fraction of sp³-hybridized carbons (Fsp3) is 0.765. The highest BCUT2D eigenvalue weighted by atomic mass is 32.2. The lowest BCUT2D eigenvalue weighted by Crippen LogP contribution is -2.60. The van der Waals surface area contributed by atoms with Gasteiger partial charge in [0.05, 0.1) is 6.61 Å². The number of carbonyl (C=O) groups is 2. The van der Waals surface area contributed by atoms with E-state index >= 15 is 0 Å². The van der Waals surface area contributed by atoms with Crippen LogP contribution in [0.3, 0.4) is 0 Å². The van der Waals surface area contributed by atoms with Crippen LogP contribution in [0.15, 0.2) is 60.8 Å². The molecule has 370 valence electrons. The summed E-state index contributed by atoms with van der Waals surface area (Å²) in [4.78, 5) is 25.5. The van der Waals surface area contributed by atoms with Gasteiger partial charge in [-0.15, -0.1) is 0 Å². The van der Waals surface area contributed by atoms with E-state index in [-0.39, 0.29) is 19.4 Å². The zero-order valence-corrected chi connectivity index (χ0v) is 40.4. The molecule has 1 fully saturated rings. The molecule has 1 saturated heterocycles. The van der Waals surface area contributed by atoms with Crippen molar-refractivity contribution in [1.82, 2.24) is 0 Å². The smallest absolute Gasteiger partial charge is 0.306 e. The third-order valence-electron chi connectivity index (χ3n) is 11.1. The second-order valence-electron chi connectivity index (χ2n) is 17.1. The number of hydrogen-bond acceptors (Lipinski definition) is 11. The maximum atomic E-state index is 12.8. The van der Waals surface area contributed by atoms with E-state index in [9.17, 15) is 37.9 Å². The van der Waals surface area contributed by atoms with E-state index in [1.165, 1.54) is 89.9 Å². The van der Waals surface area contributed by atoms with Gasteiger partial charge in [0.2, 0.25) is 0 Å². The average Bonchev–Trinajstić information content (AvgIpc) is 3.26. The van der Waals surface area contributed by atoms with Gasteiger partial charge in [-0.25, -0.2) is 0 Å². The number of unbranched alkanes of at least 4 members (excludes halogenated alkanes) is 19. The second kappa shape index (κ2) is 40.6. The summed E-state index contributed by atoms with van der Waals surface area (Å²) in [6.45, 7) is 3.69. The Hall–Kier alpha value is -2.65. The van der Waals surface area contributed by atoms with Crippen LogP contribution in [0.1, 0.15) is 194 Å². The molecule has 1 rings (SSSR count). The van der Waals surface area contributed by atoms with Crippen molar-refractivity contribution in [2.45, 2.75) is 230 Å². The minimum atomic E-state index is -4.61. The van der Waals surface area contributed by atoms with Crippen molar-refractivity contribution >= 4 is 22.1 Å². The molecule has 0 saturated carbocycles. The predicted octanol–water partition coefficient (Wildman–Crippen LogP) is 10.9. The number of esters is 2. The fourth-order valence-corrected chi connectivity index (χ4v) is 7.87. The predicted molar refractivity (Wildman–Crippen MR) is 256 cm³/mol. The van der Waals surface area contributed by atoms with Gasteiger partial charge in [-0.05, 0) is 70.6 Å². The molecule has 0 spiro atoms. The summed E-state index contributed by atoms with van der Waals surface area (Å²) in [5, 5.41) is 30.9. The van der Waals surface area contributed by atoms with Gasteiger partial charge in [0.1, 0.15) is 36.8 Å². The summed E-state index contributed by atoms with van der Waals surface area (Å²) in [5.41, 5.74) is 0. The van der Waals surface area contributed by atoms with Crippen LogP contribution in [0.5, 0.6) is 0 Å². The summed E-state index contributed by atoms with van der Waals surface area (Å²) in [6, 6.07) is 0. The van der Waals surface area contributed by atoms with Gasteiger partial charge in [-0.2, -0.15) is 8.42 Å². The Balaban J connectivity index is 2.44. The SMILES string of the molecule is CCCC/C=C/CCCCCCCCCCCC(=O)O[C@H](COC(=O)CCC/C=C/C/C=C/C/C=C/C/C=C/CCCCCCCCC)CO[C@H]1O[C@H](CS(=O)(=O)O)[C@@H](O)C(O)C1O. The molecule has 2 unspecified atom stereocenters. The third-order valence-corrected chi connectivity index (χ3v) is 11.8. The van der Waals surface area contributed by atoms with Crippen LogP contribution in [0.2, 0.25) is 0 Å². The number of allylic oxidation sites excluding steroid dienone is 10. The van der Waals surface area contributed by atoms with Crippen molar-refractivity contribution in [3.05, 3.63) is 60.8 Å². The lowest BCUT2D eigenvalue weighted by atomic mass is 10.00. The number of rotatable bonds is 41. The Labute approximate surface area is 387 Å². The fourth-order valence-electron chi connectivity index (χ4n) is 7.18. The van der Waals surface area contributed by atoms with Crippen LogP contribution < -0.4 is 0 Å². The number of hydrogen-bond donors (Lipinski definition) is 4. The van der Waals surface area contributed by atoms with E-state index in [0.29, 0.717) is 19.3 Å². The van der Waals surface area contributed by atoms with Gasteiger partial charge in [0.15, 0.2) is 12.4 Å².